The number of anilines is 1. The first-order valence-corrected chi connectivity index (χ1v) is 15.7. The summed E-state index contributed by atoms with van der Waals surface area (Å²) in [4.78, 5) is 60.4. The number of ketones is 2. The second kappa shape index (κ2) is 12.0. The molecule has 240 valence electrons. The van der Waals surface area contributed by atoms with Crippen LogP contribution < -0.4 is 10.6 Å². The van der Waals surface area contributed by atoms with E-state index in [0.717, 1.165) is 28.6 Å². The fourth-order valence-electron chi connectivity index (χ4n) is 7.04. The molecule has 4 N–H and O–H groups in total. The van der Waals surface area contributed by atoms with E-state index in [9.17, 15) is 29.4 Å². The third-order valence-corrected chi connectivity index (χ3v) is 9.74. The van der Waals surface area contributed by atoms with Gasteiger partial charge in [0.2, 0.25) is 0 Å². The number of aliphatic hydroxyl groups is 2. The van der Waals surface area contributed by atoms with Crippen LogP contribution >= 0.6 is 11.8 Å². The summed E-state index contributed by atoms with van der Waals surface area (Å²) in [6.45, 7) is 0.139. The first-order chi connectivity index (χ1) is 21.9. The van der Waals surface area contributed by atoms with Crippen LogP contribution in [-0.4, -0.2) is 83.5 Å². The van der Waals surface area contributed by atoms with Crippen molar-refractivity contribution in [3.63, 3.8) is 0 Å². The highest BCUT2D eigenvalue weighted by atomic mass is 32.2. The molecule has 1 amide bonds. The van der Waals surface area contributed by atoms with Crippen molar-refractivity contribution in [1.29, 1.82) is 0 Å². The molecular weight excluding hydrogens is 612 g/mol. The lowest BCUT2D eigenvalue weighted by Gasteiger charge is -2.46. The number of nitrogens with zero attached hydrogens (tertiary/aromatic N) is 3. The van der Waals surface area contributed by atoms with E-state index in [0.29, 0.717) is 23.9 Å². The molecule has 0 radical (unpaired) electrons. The van der Waals surface area contributed by atoms with Gasteiger partial charge in [0.15, 0.2) is 17.1 Å². The Kier molecular flexibility index (Phi) is 8.15. The van der Waals surface area contributed by atoms with E-state index >= 15 is 0 Å². The van der Waals surface area contributed by atoms with Gasteiger partial charge in [-0.3, -0.25) is 24.1 Å². The van der Waals surface area contributed by atoms with Crippen LogP contribution in [0.25, 0.3) is 16.9 Å². The van der Waals surface area contributed by atoms with Crippen LogP contribution in [0.4, 0.5) is 5.69 Å². The first-order valence-electron chi connectivity index (χ1n) is 14.8. The van der Waals surface area contributed by atoms with Gasteiger partial charge in [-0.15, -0.1) is 0 Å². The zero-order chi connectivity index (χ0) is 33.0. The Bertz CT molecular complexity index is 1840. The molecule has 12 nitrogen and oxygen atoms in total. The van der Waals surface area contributed by atoms with E-state index in [2.05, 4.69) is 4.98 Å². The summed E-state index contributed by atoms with van der Waals surface area (Å²) < 4.78 is 11.4. The molecule has 1 saturated carbocycles. The fraction of sp³-hybridized carbons (Fsp3) is 0.364. The van der Waals surface area contributed by atoms with Crippen LogP contribution in [0, 0.1) is 17.8 Å². The number of hydrogen-bond donors (Lipinski definition) is 3. The molecule has 0 bridgehead atoms. The highest BCUT2D eigenvalue weighted by Gasteiger charge is 2.56. The molecule has 3 aliphatic carbocycles. The number of hydrogen-bond acceptors (Lipinski definition) is 12. The van der Waals surface area contributed by atoms with Crippen LogP contribution in [0.3, 0.4) is 0 Å². The fourth-order valence-corrected chi connectivity index (χ4v) is 7.67. The number of amides is 1. The number of aromatic nitrogens is 1. The summed E-state index contributed by atoms with van der Waals surface area (Å²) >= 11 is 1.05. The monoisotopic (exact) mass is 646 g/mol. The number of likely N-dealkylation sites (N-methyl/N-ethyl adjacent to an activating group) is 1. The van der Waals surface area contributed by atoms with Crippen LogP contribution in [0.15, 0.2) is 62.9 Å². The number of oxazole rings is 1. The van der Waals surface area contributed by atoms with E-state index in [1.54, 1.807) is 19.0 Å². The highest BCUT2D eigenvalue weighted by molar-refractivity contribution is 7.99. The molecule has 6 rings (SSSR count). The third kappa shape index (κ3) is 5.22. The Balaban J connectivity index is 1.36. The van der Waals surface area contributed by atoms with E-state index in [4.69, 9.17) is 14.9 Å². The van der Waals surface area contributed by atoms with Gasteiger partial charge in [0.05, 0.1) is 17.5 Å². The van der Waals surface area contributed by atoms with Gasteiger partial charge in [0, 0.05) is 25.4 Å². The quantitative estimate of drug-likeness (QED) is 0.141. The number of aliphatic hydroxyl groups excluding tert-OH is 2. The molecule has 0 spiro atoms. The second-order valence-corrected chi connectivity index (χ2v) is 13.1. The SMILES string of the molecule is CN(C)c1cc2nc(SCC(=O)OCc3ccccc3)oc2c2c1CC1C[C@@H]3C(C(=O)C(C(N)=O)=C(O)[C@H]3N(C)C)C(=O)C1=C2O. The largest absolute Gasteiger partial charge is 0.510 e. The maximum atomic E-state index is 14.1. The second-order valence-electron chi connectivity index (χ2n) is 12.2. The van der Waals surface area contributed by atoms with Crippen molar-refractivity contribution in [2.75, 3.05) is 38.8 Å². The summed E-state index contributed by atoms with van der Waals surface area (Å²) in [6.07, 6.45) is 0.650. The maximum absolute atomic E-state index is 14.1. The number of nitrogens with two attached hydrogens (primary N) is 1. The lowest BCUT2D eigenvalue weighted by molar-refractivity contribution is -0.142. The first kappa shape index (κ1) is 31.4. The van der Waals surface area contributed by atoms with Gasteiger partial charge < -0.3 is 30.0 Å². The molecule has 46 heavy (non-hydrogen) atoms. The molecule has 3 aliphatic rings. The molecule has 0 saturated heterocycles. The Hall–Kier alpha value is -4.62. The number of benzene rings is 2. The lowest BCUT2D eigenvalue weighted by Crippen LogP contribution is -2.55. The number of carbonyl (C=O) groups excluding carboxylic acids is 4. The topological polar surface area (TPSA) is 176 Å². The van der Waals surface area contributed by atoms with Gasteiger partial charge in [-0.05, 0) is 56.0 Å². The molecule has 0 aliphatic heterocycles. The Morgan fingerprint density at radius 1 is 1.11 bits per heavy atom. The number of carbonyl (C=O) groups is 4. The van der Waals surface area contributed by atoms with Crippen molar-refractivity contribution in [3.05, 3.63) is 70.0 Å². The van der Waals surface area contributed by atoms with Crippen molar-refractivity contribution in [1.82, 2.24) is 9.88 Å². The minimum Gasteiger partial charge on any atom is -0.510 e. The van der Waals surface area contributed by atoms with E-state index in [1.807, 2.05) is 55.4 Å². The number of thioether (sulfide) groups is 1. The molecule has 4 atom stereocenters. The number of ether oxygens (including phenoxy) is 1. The van der Waals surface area contributed by atoms with Crippen molar-refractivity contribution in [3.8, 4) is 0 Å². The molecule has 3 aromatic rings. The summed E-state index contributed by atoms with van der Waals surface area (Å²) in [6, 6.07) is 10.4. The maximum Gasteiger partial charge on any atom is 0.316 e. The summed E-state index contributed by atoms with van der Waals surface area (Å²) in [5, 5.41) is 23.0. The molecule has 1 fully saturated rings. The average Bonchev–Trinajstić information content (AvgIpc) is 3.41. The molecule has 1 heterocycles. The van der Waals surface area contributed by atoms with Crippen molar-refractivity contribution >= 4 is 57.8 Å². The Morgan fingerprint density at radius 2 is 1.83 bits per heavy atom. The van der Waals surface area contributed by atoms with Crippen molar-refractivity contribution < 1.29 is 38.5 Å². The van der Waals surface area contributed by atoms with E-state index in [1.165, 1.54) is 0 Å². The Labute approximate surface area is 268 Å². The van der Waals surface area contributed by atoms with E-state index in [-0.39, 0.29) is 34.5 Å². The molecule has 2 unspecified atom stereocenters. The minimum atomic E-state index is -1.30. The van der Waals surface area contributed by atoms with Gasteiger partial charge in [0.25, 0.3) is 11.1 Å². The van der Waals surface area contributed by atoms with Crippen molar-refractivity contribution in [2.24, 2.45) is 23.5 Å². The molecule has 1 aromatic heterocycles. The predicted molar refractivity (Wildman–Crippen MR) is 170 cm³/mol. The van der Waals surface area contributed by atoms with Crippen molar-refractivity contribution in [2.45, 2.75) is 30.7 Å². The van der Waals surface area contributed by atoms with Crippen LogP contribution in [0.2, 0.25) is 0 Å². The number of fused-ring (bicyclic) bond motifs is 5. The van der Waals surface area contributed by atoms with Crippen LogP contribution in [0.5, 0.6) is 0 Å². The summed E-state index contributed by atoms with van der Waals surface area (Å²) in [5.74, 6) is -6.21. The van der Waals surface area contributed by atoms with Gasteiger partial charge in [-0.1, -0.05) is 42.1 Å². The summed E-state index contributed by atoms with van der Waals surface area (Å²) in [5.41, 5.74) is 8.30. The standard InChI is InChI=1S/C33H34N4O8S/c1-36(2)20-12-19-31(45-33(35-19)46-14-21(38)44-13-15-8-6-5-7-9-15)24-17(20)10-16-11-18-23(27(39)22(16)28(24)40)29(41)25(32(34)43)30(42)26(18)37(3)4/h5-9,12,16,18,23,26,40,42H,10-11,13-14H2,1-4H3,(H2,34,43)/t16?,18-,23?,26+/m1/s1. The van der Waals surface area contributed by atoms with Gasteiger partial charge >= 0.3 is 5.97 Å². The predicted octanol–water partition coefficient (Wildman–Crippen LogP) is 3.19. The van der Waals surface area contributed by atoms with Gasteiger partial charge in [0.1, 0.15) is 35.0 Å². The average molecular weight is 647 g/mol. The number of allylic oxidation sites excluding steroid dienone is 1. The number of esters is 1. The summed E-state index contributed by atoms with van der Waals surface area (Å²) in [7, 11) is 7.10. The van der Waals surface area contributed by atoms with E-state index < -0.39 is 58.6 Å². The minimum absolute atomic E-state index is 0.0587. The van der Waals surface area contributed by atoms with Crippen LogP contribution in [-0.2, 0) is 36.9 Å². The molecule has 2 aromatic carbocycles. The normalized spacial score (nSPS) is 22.5. The Morgan fingerprint density at radius 3 is 2.48 bits per heavy atom. The zero-order valence-corrected chi connectivity index (χ0v) is 26.6. The van der Waals surface area contributed by atoms with Crippen LogP contribution in [0.1, 0.15) is 23.1 Å². The number of rotatable bonds is 8. The third-order valence-electron chi connectivity index (χ3n) is 8.94. The molecular formula is C33H34N4O8S. The highest BCUT2D eigenvalue weighted by Crippen LogP contribution is 2.51. The van der Waals surface area contributed by atoms with Gasteiger partial charge in [-0.2, -0.15) is 0 Å². The smallest absolute Gasteiger partial charge is 0.316 e. The lowest BCUT2D eigenvalue weighted by atomic mass is 9.59. The zero-order valence-electron chi connectivity index (χ0n) is 25.8. The molecule has 13 heteroatoms. The van der Waals surface area contributed by atoms with Gasteiger partial charge in [-0.25, -0.2) is 4.98 Å². The number of Topliss-reactive ketones (excluding diaryl/α,β-unsaturated/α-hetero) is 2. The number of primary amides is 1.